The Labute approximate surface area is 222 Å². The molecule has 12 heteroatoms. The van der Waals surface area contributed by atoms with Crippen LogP contribution in [0.2, 0.25) is 0 Å². The lowest BCUT2D eigenvalue weighted by Gasteiger charge is -2.33. The Kier molecular flexibility index (Phi) is 8.38. The Morgan fingerprint density at radius 2 is 2.08 bits per heavy atom. The Morgan fingerprint density at radius 3 is 2.79 bits per heavy atom. The molecule has 0 saturated carbocycles. The topological polar surface area (TPSA) is 73.7 Å². The largest absolute Gasteiger partial charge is 0.447 e. The van der Waals surface area contributed by atoms with Crippen molar-refractivity contribution in [2.24, 2.45) is 0 Å². The van der Waals surface area contributed by atoms with Crippen LogP contribution in [0.1, 0.15) is 27.9 Å². The van der Waals surface area contributed by atoms with Crippen LogP contribution >= 0.6 is 11.8 Å². The molecule has 202 valence electrons. The second-order valence-corrected chi connectivity index (χ2v) is 10.1. The first-order valence-electron chi connectivity index (χ1n) is 12.0. The Hall–Kier alpha value is -3.43. The summed E-state index contributed by atoms with van der Waals surface area (Å²) in [6.45, 7) is 2.98. The number of piperidine rings is 1. The molecule has 1 fully saturated rings. The highest BCUT2D eigenvalue weighted by molar-refractivity contribution is 8.00. The van der Waals surface area contributed by atoms with Crippen LogP contribution in [-0.4, -0.2) is 71.6 Å². The van der Waals surface area contributed by atoms with E-state index in [2.05, 4.69) is 32.8 Å². The number of fused-ring (bicyclic) bond motifs is 1. The van der Waals surface area contributed by atoms with Gasteiger partial charge in [0.05, 0.1) is 23.7 Å². The summed E-state index contributed by atoms with van der Waals surface area (Å²) in [6.07, 6.45) is 2.24. The Balaban J connectivity index is 1.60. The number of amides is 1. The van der Waals surface area contributed by atoms with Gasteiger partial charge in [0.1, 0.15) is 11.2 Å². The van der Waals surface area contributed by atoms with Gasteiger partial charge in [-0.25, -0.2) is 9.37 Å². The highest BCUT2D eigenvalue weighted by Crippen LogP contribution is 2.40. The van der Waals surface area contributed by atoms with Gasteiger partial charge < -0.3 is 25.3 Å². The highest BCUT2D eigenvalue weighted by Gasteiger charge is 2.33. The number of hydrogen-bond donors (Lipinski definition) is 3. The molecule has 1 aromatic carbocycles. The molecule has 0 radical (unpaired) electrons. The molecule has 0 spiro atoms. The third kappa shape index (κ3) is 6.52. The number of aromatic nitrogens is 2. The number of benzene rings is 1. The molecule has 3 N–H and O–H groups in total. The number of hydrogen-bond acceptors (Lipinski definition) is 6. The number of likely N-dealkylation sites (tertiary alicyclic amines) is 1. The number of halogens is 4. The first kappa shape index (κ1) is 27.6. The van der Waals surface area contributed by atoms with E-state index >= 15 is 0 Å². The standard InChI is InChI=1S/C26H28F4N6OS/c1-16-6-7-17(24(37)31-2)13-21(16)32-9-4-5-18-14-22-23(34-20-8-11-35(3)15-19(20)27)33-10-12-36(22)25(18)38-26(28,29)30/h6-7,10,12-14,19-20,32H,8-9,11,15H2,1-3H3,(H,31,37)(H,33,34)/t19-,20+/m0/s1. The monoisotopic (exact) mass is 548 g/mol. The van der Waals surface area contributed by atoms with E-state index in [1.807, 2.05) is 18.9 Å². The molecule has 2 atom stereocenters. The maximum atomic E-state index is 14.6. The zero-order chi connectivity index (χ0) is 27.4. The zero-order valence-corrected chi connectivity index (χ0v) is 21.9. The van der Waals surface area contributed by atoms with Crippen LogP contribution in [0.15, 0.2) is 41.7 Å². The molecule has 0 bridgehead atoms. The normalized spacial score (nSPS) is 18.1. The van der Waals surface area contributed by atoms with Crippen molar-refractivity contribution in [2.45, 2.75) is 36.1 Å². The number of carbonyl (C=O) groups is 1. The molecule has 0 unspecified atom stereocenters. The Morgan fingerprint density at radius 1 is 1.29 bits per heavy atom. The van der Waals surface area contributed by atoms with E-state index in [0.29, 0.717) is 35.6 Å². The van der Waals surface area contributed by atoms with Gasteiger partial charge in [0.15, 0.2) is 5.82 Å². The van der Waals surface area contributed by atoms with Crippen molar-refractivity contribution in [3.8, 4) is 11.8 Å². The first-order chi connectivity index (χ1) is 18.1. The molecule has 1 amide bonds. The van der Waals surface area contributed by atoms with Crippen molar-refractivity contribution in [3.63, 3.8) is 0 Å². The quantitative estimate of drug-likeness (QED) is 0.239. The van der Waals surface area contributed by atoms with E-state index in [-0.39, 0.29) is 41.3 Å². The number of nitrogens with one attached hydrogen (secondary N) is 3. The van der Waals surface area contributed by atoms with Gasteiger partial charge in [0.25, 0.3) is 5.91 Å². The van der Waals surface area contributed by atoms with E-state index in [4.69, 9.17) is 0 Å². The predicted octanol–water partition coefficient (Wildman–Crippen LogP) is 4.53. The maximum Gasteiger partial charge on any atom is 0.447 e. The van der Waals surface area contributed by atoms with Gasteiger partial charge in [-0.2, -0.15) is 13.2 Å². The molecular weight excluding hydrogens is 520 g/mol. The van der Waals surface area contributed by atoms with Crippen LogP contribution in [-0.2, 0) is 0 Å². The maximum absolute atomic E-state index is 14.6. The van der Waals surface area contributed by atoms with Gasteiger partial charge in [-0.1, -0.05) is 17.9 Å². The van der Waals surface area contributed by atoms with Crippen molar-refractivity contribution in [1.82, 2.24) is 19.6 Å². The Bertz CT molecular complexity index is 1380. The van der Waals surface area contributed by atoms with Gasteiger partial charge in [-0.05, 0) is 44.2 Å². The molecule has 7 nitrogen and oxygen atoms in total. The fraction of sp³-hybridized carbons (Fsp3) is 0.385. The minimum Gasteiger partial charge on any atom is -0.374 e. The lowest BCUT2D eigenvalue weighted by atomic mass is 10.0. The van der Waals surface area contributed by atoms with Gasteiger partial charge in [0, 0.05) is 55.5 Å². The minimum atomic E-state index is -4.53. The van der Waals surface area contributed by atoms with E-state index in [1.165, 1.54) is 22.9 Å². The molecule has 4 rings (SSSR count). The van der Waals surface area contributed by atoms with Crippen LogP contribution in [0.25, 0.3) is 5.52 Å². The minimum absolute atomic E-state index is 0.0941. The first-order valence-corrected chi connectivity index (χ1v) is 12.8. The number of alkyl halides is 4. The summed E-state index contributed by atoms with van der Waals surface area (Å²) in [6, 6.07) is 6.24. The highest BCUT2D eigenvalue weighted by atomic mass is 32.2. The van der Waals surface area contributed by atoms with E-state index < -0.39 is 17.7 Å². The predicted molar refractivity (Wildman–Crippen MR) is 141 cm³/mol. The fourth-order valence-electron chi connectivity index (χ4n) is 4.26. The van der Waals surface area contributed by atoms with Gasteiger partial charge in [0.2, 0.25) is 0 Å². The number of aryl methyl sites for hydroxylation is 1. The summed E-state index contributed by atoms with van der Waals surface area (Å²) in [7, 11) is 3.38. The second-order valence-electron chi connectivity index (χ2n) is 9.02. The van der Waals surface area contributed by atoms with Crippen LogP contribution < -0.4 is 16.0 Å². The SMILES string of the molecule is CNC(=O)c1ccc(C)c(NCC#Cc2cc3c(N[C@@H]4CCN(C)C[C@@H]4F)nccn3c2SC(F)(F)F)c1. The van der Waals surface area contributed by atoms with Crippen LogP contribution in [0, 0.1) is 18.8 Å². The van der Waals surface area contributed by atoms with Crippen molar-refractivity contribution in [2.75, 3.05) is 44.4 Å². The van der Waals surface area contributed by atoms with Crippen LogP contribution in [0.3, 0.4) is 0 Å². The number of rotatable bonds is 6. The smallest absolute Gasteiger partial charge is 0.374 e. The van der Waals surface area contributed by atoms with Gasteiger partial charge in [-0.15, -0.1) is 0 Å². The van der Waals surface area contributed by atoms with Gasteiger partial charge >= 0.3 is 5.51 Å². The molecule has 1 saturated heterocycles. The average molecular weight is 549 g/mol. The lowest BCUT2D eigenvalue weighted by Crippen LogP contribution is -2.46. The van der Waals surface area contributed by atoms with Gasteiger partial charge in [-0.3, -0.25) is 4.79 Å². The molecular formula is C26H28F4N6OS. The number of anilines is 2. The van der Waals surface area contributed by atoms with Crippen molar-refractivity contribution in [3.05, 3.63) is 53.3 Å². The van der Waals surface area contributed by atoms with Crippen molar-refractivity contribution in [1.29, 1.82) is 0 Å². The summed E-state index contributed by atoms with van der Waals surface area (Å²) in [4.78, 5) is 18.1. The molecule has 3 aromatic rings. The molecule has 1 aliphatic heterocycles. The summed E-state index contributed by atoms with van der Waals surface area (Å²) in [5.74, 6) is 5.79. The second kappa shape index (κ2) is 11.5. The third-order valence-corrected chi connectivity index (χ3v) is 7.09. The van der Waals surface area contributed by atoms with E-state index in [0.717, 1.165) is 5.56 Å². The molecule has 1 aliphatic rings. The third-order valence-electron chi connectivity index (χ3n) is 6.25. The lowest BCUT2D eigenvalue weighted by molar-refractivity contribution is -0.0329. The number of thioether (sulfide) groups is 1. The number of carbonyl (C=O) groups excluding carboxylic acids is 1. The molecule has 3 heterocycles. The van der Waals surface area contributed by atoms with E-state index in [1.54, 1.807) is 25.2 Å². The molecule has 38 heavy (non-hydrogen) atoms. The number of nitrogens with zero attached hydrogens (tertiary/aromatic N) is 3. The summed E-state index contributed by atoms with van der Waals surface area (Å²) < 4.78 is 56.3. The fourth-order valence-corrected chi connectivity index (χ4v) is 4.96. The summed E-state index contributed by atoms with van der Waals surface area (Å²) in [5.41, 5.74) is -1.90. The molecule has 0 aliphatic carbocycles. The summed E-state index contributed by atoms with van der Waals surface area (Å²) >= 11 is -0.257. The van der Waals surface area contributed by atoms with E-state index in [9.17, 15) is 22.4 Å². The molecule has 2 aromatic heterocycles. The average Bonchev–Trinajstić information content (AvgIpc) is 3.20. The van der Waals surface area contributed by atoms with Crippen LogP contribution in [0.4, 0.5) is 29.1 Å². The zero-order valence-electron chi connectivity index (χ0n) is 21.1. The van der Waals surface area contributed by atoms with Crippen molar-refractivity contribution < 1.29 is 22.4 Å². The van der Waals surface area contributed by atoms with Crippen molar-refractivity contribution >= 4 is 34.7 Å². The van der Waals surface area contributed by atoms with Crippen LogP contribution in [0.5, 0.6) is 0 Å². The summed E-state index contributed by atoms with van der Waals surface area (Å²) in [5, 5.41) is 8.68.